The smallest absolute Gasteiger partial charge is 0.316 e. The van der Waals surface area contributed by atoms with Crippen LogP contribution < -0.4 is 10.4 Å². The number of rotatable bonds is 4. The third-order valence-corrected chi connectivity index (χ3v) is 7.41. The van der Waals surface area contributed by atoms with E-state index in [0.29, 0.717) is 0 Å². The predicted molar refractivity (Wildman–Crippen MR) is 126 cm³/mol. The molecule has 0 saturated heterocycles. The Bertz CT molecular complexity index is 1290. The van der Waals surface area contributed by atoms with Crippen molar-refractivity contribution in [1.82, 2.24) is 9.58 Å². The number of alkyl halides is 3. The van der Waals surface area contributed by atoms with E-state index in [4.69, 9.17) is 0 Å². The van der Waals surface area contributed by atoms with Gasteiger partial charge in [0.15, 0.2) is 5.43 Å². The Morgan fingerprint density at radius 3 is 2.51 bits per heavy atom. The van der Waals surface area contributed by atoms with Gasteiger partial charge in [-0.15, -0.1) is 24.9 Å². The summed E-state index contributed by atoms with van der Waals surface area (Å²) in [4.78, 5) is 28.2. The second kappa shape index (κ2) is 9.09. The van der Waals surface area contributed by atoms with Gasteiger partial charge in [-0.2, -0.15) is 0 Å². The fourth-order valence-corrected chi connectivity index (χ4v) is 5.72. The first kappa shape index (κ1) is 23.5. The van der Waals surface area contributed by atoms with Gasteiger partial charge in [0.05, 0.1) is 12.6 Å². The number of carbonyl (C=O) groups excluding carboxylic acids is 1. The number of ether oxygens (including phenoxy) is 1. The van der Waals surface area contributed by atoms with Crippen molar-refractivity contribution in [3.63, 3.8) is 0 Å². The number of carbonyl (C=O) groups is 1. The molecule has 0 bridgehead atoms. The summed E-state index contributed by atoms with van der Waals surface area (Å²) in [6, 6.07) is 17.1. The molecule has 2 aliphatic heterocycles. The molecule has 182 valence electrons. The lowest BCUT2D eigenvalue weighted by atomic mass is 9.94. The number of hydrogen-bond donors (Lipinski definition) is 0. The Balaban J connectivity index is 1.65. The van der Waals surface area contributed by atoms with Crippen molar-refractivity contribution in [2.24, 2.45) is 0 Å². The molecule has 1 unspecified atom stereocenters. The van der Waals surface area contributed by atoms with E-state index in [1.807, 2.05) is 47.5 Å². The Hall–Kier alpha value is -3.24. The van der Waals surface area contributed by atoms with Crippen LogP contribution in [0.4, 0.5) is 13.2 Å². The molecular weight excluding hydrogens is 479 g/mol. The van der Waals surface area contributed by atoms with E-state index in [9.17, 15) is 22.8 Å². The van der Waals surface area contributed by atoms with Crippen LogP contribution in [0.1, 0.15) is 38.8 Å². The van der Waals surface area contributed by atoms with Crippen LogP contribution in [0.5, 0.6) is 0 Å². The maximum atomic E-state index is 13.3. The van der Waals surface area contributed by atoms with Crippen molar-refractivity contribution in [3.05, 3.63) is 99.0 Å². The van der Waals surface area contributed by atoms with Crippen LogP contribution in [-0.4, -0.2) is 41.7 Å². The highest BCUT2D eigenvalue weighted by Gasteiger charge is 2.38. The van der Waals surface area contributed by atoms with Gasteiger partial charge in [-0.1, -0.05) is 42.5 Å². The average molecular weight is 502 g/mol. The predicted octanol–water partition coefficient (Wildman–Crippen LogP) is 4.44. The first-order valence-corrected chi connectivity index (χ1v) is 12.0. The fraction of sp³-hybridized carbons (Fsp3) is 0.280. The highest BCUT2D eigenvalue weighted by Crippen LogP contribution is 2.42. The van der Waals surface area contributed by atoms with Gasteiger partial charge in [-0.25, -0.2) is 0 Å². The highest BCUT2D eigenvalue weighted by molar-refractivity contribution is 7.98. The molecule has 2 aliphatic rings. The first-order valence-electron chi connectivity index (χ1n) is 11.0. The van der Waals surface area contributed by atoms with E-state index in [1.54, 1.807) is 29.6 Å². The minimum atomic E-state index is -4.79. The summed E-state index contributed by atoms with van der Waals surface area (Å²) < 4.78 is 43.5. The lowest BCUT2D eigenvalue weighted by Gasteiger charge is -2.44. The molecule has 0 saturated carbocycles. The number of hydrogen-bond acceptors (Lipinski definition) is 5. The van der Waals surface area contributed by atoms with Crippen LogP contribution in [0.15, 0.2) is 70.5 Å². The molecule has 1 amide bonds. The van der Waals surface area contributed by atoms with Crippen LogP contribution in [-0.2, 0) is 10.5 Å². The summed E-state index contributed by atoms with van der Waals surface area (Å²) in [6.45, 7) is 0.604. The van der Waals surface area contributed by atoms with Gasteiger partial charge < -0.3 is 4.90 Å². The molecule has 1 atom stereocenters. The Labute approximate surface area is 203 Å². The average Bonchev–Trinajstić information content (AvgIpc) is 2.99. The number of amides is 1. The molecule has 3 aromatic rings. The maximum absolute atomic E-state index is 13.3. The quantitative estimate of drug-likeness (QED) is 0.529. The minimum Gasteiger partial charge on any atom is -0.316 e. The lowest BCUT2D eigenvalue weighted by molar-refractivity contribution is -0.324. The molecule has 0 fully saturated rings. The summed E-state index contributed by atoms with van der Waals surface area (Å²) in [6.07, 6.45) is -3.23. The van der Waals surface area contributed by atoms with E-state index in [0.717, 1.165) is 27.3 Å². The van der Waals surface area contributed by atoms with Crippen LogP contribution in [0.2, 0.25) is 0 Å². The minimum absolute atomic E-state index is 0.0212. The van der Waals surface area contributed by atoms with Crippen molar-refractivity contribution < 1.29 is 22.7 Å². The van der Waals surface area contributed by atoms with E-state index >= 15 is 0 Å². The SMILES string of the molecule is Cc1c2n(ccc1=O)N(C1c3ccccc3CSc3ccccc31)CN(CCOC(F)(F)F)C2=O. The molecule has 0 N–H and O–H groups in total. The van der Waals surface area contributed by atoms with Crippen molar-refractivity contribution >= 4 is 17.7 Å². The van der Waals surface area contributed by atoms with Gasteiger partial charge in [-0.05, 0) is 29.7 Å². The van der Waals surface area contributed by atoms with Crippen LogP contribution >= 0.6 is 11.8 Å². The zero-order valence-corrected chi connectivity index (χ0v) is 19.6. The van der Waals surface area contributed by atoms with E-state index in [1.165, 1.54) is 11.0 Å². The van der Waals surface area contributed by atoms with Crippen LogP contribution in [0.25, 0.3) is 0 Å². The number of halogens is 3. The molecule has 35 heavy (non-hydrogen) atoms. The van der Waals surface area contributed by atoms with Crippen LogP contribution in [0.3, 0.4) is 0 Å². The second-order valence-electron chi connectivity index (χ2n) is 8.37. The molecule has 0 aliphatic carbocycles. The molecule has 2 aromatic carbocycles. The topological polar surface area (TPSA) is 54.8 Å². The number of pyridine rings is 1. The Kier molecular flexibility index (Phi) is 6.10. The zero-order chi connectivity index (χ0) is 24.7. The number of fused-ring (bicyclic) bond motifs is 3. The Morgan fingerprint density at radius 2 is 1.74 bits per heavy atom. The normalized spacial score (nSPS) is 17.5. The number of benzene rings is 2. The molecule has 0 spiro atoms. The molecular formula is C25H22F3N3O3S. The third kappa shape index (κ3) is 4.43. The fourth-order valence-electron chi connectivity index (χ4n) is 4.62. The van der Waals surface area contributed by atoms with Crippen molar-refractivity contribution in [1.29, 1.82) is 0 Å². The standard InChI is InChI=1S/C25H22F3N3O3S/c1-16-20(32)10-11-30-22(16)24(33)29(12-13-34-25(26,27)28)15-31(30)23-18-7-3-2-6-17(18)14-35-21-9-5-4-8-19(21)23/h2-11,23H,12-15H2,1H3. The third-order valence-electron chi connectivity index (χ3n) is 6.27. The summed E-state index contributed by atoms with van der Waals surface area (Å²) >= 11 is 1.71. The number of aromatic nitrogens is 1. The molecule has 1 aromatic heterocycles. The summed E-state index contributed by atoms with van der Waals surface area (Å²) in [5, 5.41) is 1.93. The summed E-state index contributed by atoms with van der Waals surface area (Å²) in [5.41, 5.74) is 3.26. The molecule has 0 radical (unpaired) electrons. The first-order chi connectivity index (χ1) is 16.7. The van der Waals surface area contributed by atoms with Crippen molar-refractivity contribution in [2.75, 3.05) is 24.8 Å². The largest absolute Gasteiger partial charge is 0.522 e. The van der Waals surface area contributed by atoms with E-state index < -0.39 is 18.9 Å². The van der Waals surface area contributed by atoms with Gasteiger partial charge in [0.25, 0.3) is 5.91 Å². The second-order valence-corrected chi connectivity index (χ2v) is 9.39. The zero-order valence-electron chi connectivity index (χ0n) is 18.8. The van der Waals surface area contributed by atoms with Crippen molar-refractivity contribution in [2.45, 2.75) is 30.0 Å². The number of nitrogens with zero attached hydrogens (tertiary/aromatic N) is 3. The van der Waals surface area contributed by atoms with Gasteiger partial charge >= 0.3 is 6.36 Å². The van der Waals surface area contributed by atoms with E-state index in [2.05, 4.69) is 10.8 Å². The van der Waals surface area contributed by atoms with Crippen molar-refractivity contribution in [3.8, 4) is 0 Å². The Morgan fingerprint density at radius 1 is 1.03 bits per heavy atom. The summed E-state index contributed by atoms with van der Waals surface area (Å²) in [5.74, 6) is 0.252. The lowest BCUT2D eigenvalue weighted by Crippen LogP contribution is -2.56. The van der Waals surface area contributed by atoms with Gasteiger partial charge in [-0.3, -0.25) is 24.0 Å². The van der Waals surface area contributed by atoms with Crippen LogP contribution in [0, 0.1) is 6.92 Å². The molecule has 6 nitrogen and oxygen atoms in total. The molecule has 3 heterocycles. The monoisotopic (exact) mass is 501 g/mol. The summed E-state index contributed by atoms with van der Waals surface area (Å²) in [7, 11) is 0. The van der Waals surface area contributed by atoms with Gasteiger partial charge in [0.2, 0.25) is 0 Å². The maximum Gasteiger partial charge on any atom is 0.522 e. The van der Waals surface area contributed by atoms with Gasteiger partial charge in [0, 0.05) is 35.0 Å². The number of thioether (sulfide) groups is 1. The highest BCUT2D eigenvalue weighted by atomic mass is 32.2. The molecule has 10 heteroatoms. The van der Waals surface area contributed by atoms with Gasteiger partial charge in [0.1, 0.15) is 12.4 Å². The molecule has 5 rings (SSSR count). The van der Waals surface area contributed by atoms with E-state index in [-0.39, 0.29) is 35.9 Å².